The third-order valence-corrected chi connectivity index (χ3v) is 4.98. The third kappa shape index (κ3) is 2.64. The molecule has 9 heteroatoms. The Hall–Kier alpha value is -3.59. The molecule has 0 atom stereocenters. The Bertz CT molecular complexity index is 1300. The summed E-state index contributed by atoms with van der Waals surface area (Å²) in [5.74, 6) is 0.0270. The molecule has 0 unspecified atom stereocenters. The van der Waals surface area contributed by atoms with Crippen LogP contribution >= 0.6 is 11.3 Å². The lowest BCUT2D eigenvalue weighted by Gasteiger charge is -1.97. The Morgan fingerprint density at radius 2 is 2.11 bits per heavy atom. The molecule has 0 bridgehead atoms. The van der Waals surface area contributed by atoms with Gasteiger partial charge in [-0.3, -0.25) is 10.1 Å². The van der Waals surface area contributed by atoms with E-state index in [4.69, 9.17) is 0 Å². The maximum atomic E-state index is 12.5. The molecule has 1 aromatic carbocycles. The number of para-hydroxylation sites is 1. The zero-order valence-corrected chi connectivity index (χ0v) is 15.0. The fraction of sp³-hybridized carbons (Fsp3) is 0.0556. The van der Waals surface area contributed by atoms with Crippen molar-refractivity contribution in [1.82, 2.24) is 29.5 Å². The van der Waals surface area contributed by atoms with Gasteiger partial charge in [-0.15, -0.1) is 16.4 Å². The molecule has 0 saturated heterocycles. The molecule has 5 rings (SSSR count). The number of hydrogen-bond donors (Lipinski definition) is 2. The highest BCUT2D eigenvalue weighted by atomic mass is 32.1. The summed E-state index contributed by atoms with van der Waals surface area (Å²) in [5, 5.41) is 10.5. The van der Waals surface area contributed by atoms with E-state index < -0.39 is 5.91 Å². The Morgan fingerprint density at radius 3 is 3.00 bits per heavy atom. The van der Waals surface area contributed by atoms with Crippen molar-refractivity contribution in [1.29, 1.82) is 0 Å². The molecule has 1 amide bonds. The van der Waals surface area contributed by atoms with Gasteiger partial charge >= 0.3 is 0 Å². The molecule has 0 radical (unpaired) electrons. The van der Waals surface area contributed by atoms with E-state index in [-0.39, 0.29) is 5.82 Å². The lowest BCUT2D eigenvalue weighted by molar-refractivity contribution is 0.101. The largest absolute Gasteiger partial charge is 0.360 e. The van der Waals surface area contributed by atoms with Crippen LogP contribution in [0, 0.1) is 6.92 Å². The molecule has 0 saturated carbocycles. The van der Waals surface area contributed by atoms with Crippen LogP contribution in [0.2, 0.25) is 0 Å². The van der Waals surface area contributed by atoms with E-state index in [9.17, 15) is 4.79 Å². The predicted octanol–water partition coefficient (Wildman–Crippen LogP) is 3.29. The number of benzene rings is 1. The Balaban J connectivity index is 1.43. The number of thiazole rings is 1. The summed E-state index contributed by atoms with van der Waals surface area (Å²) in [6.45, 7) is 1.87. The fourth-order valence-electron chi connectivity index (χ4n) is 2.89. The summed E-state index contributed by atoms with van der Waals surface area (Å²) in [5.41, 5.74) is 3.69. The van der Waals surface area contributed by atoms with Crippen molar-refractivity contribution in [3.8, 4) is 11.3 Å². The normalized spacial score (nSPS) is 11.3. The van der Waals surface area contributed by atoms with Gasteiger partial charge in [0.15, 0.2) is 5.13 Å². The number of amides is 1. The van der Waals surface area contributed by atoms with E-state index in [0.717, 1.165) is 27.9 Å². The number of anilines is 1. The molecule has 4 aromatic heterocycles. The van der Waals surface area contributed by atoms with Gasteiger partial charge in [0.1, 0.15) is 0 Å². The first-order chi connectivity index (χ1) is 13.2. The zero-order valence-electron chi connectivity index (χ0n) is 14.2. The van der Waals surface area contributed by atoms with Crippen LogP contribution in [-0.4, -0.2) is 35.5 Å². The van der Waals surface area contributed by atoms with Crippen molar-refractivity contribution in [2.24, 2.45) is 0 Å². The smallest absolute Gasteiger partial charge is 0.297 e. The summed E-state index contributed by atoms with van der Waals surface area (Å²) < 4.78 is 1.54. The maximum absolute atomic E-state index is 12.5. The molecular formula is C18H13N7OS. The van der Waals surface area contributed by atoms with Crippen molar-refractivity contribution in [2.75, 3.05) is 5.32 Å². The van der Waals surface area contributed by atoms with E-state index >= 15 is 0 Å². The van der Waals surface area contributed by atoms with Gasteiger partial charge in [0.25, 0.3) is 11.7 Å². The molecule has 5 aromatic rings. The number of rotatable bonds is 3. The highest BCUT2D eigenvalue weighted by Crippen LogP contribution is 2.30. The van der Waals surface area contributed by atoms with E-state index in [1.54, 1.807) is 12.3 Å². The monoisotopic (exact) mass is 375 g/mol. The van der Waals surface area contributed by atoms with Crippen molar-refractivity contribution < 1.29 is 4.79 Å². The van der Waals surface area contributed by atoms with Gasteiger partial charge in [-0.25, -0.2) is 14.5 Å². The van der Waals surface area contributed by atoms with Crippen LogP contribution in [0.25, 0.3) is 27.9 Å². The van der Waals surface area contributed by atoms with Crippen molar-refractivity contribution in [3.63, 3.8) is 0 Å². The number of nitrogens with one attached hydrogen (secondary N) is 2. The van der Waals surface area contributed by atoms with Crippen LogP contribution in [0.3, 0.4) is 0 Å². The standard InChI is InChI=1S/C18H13N7OS/c1-10-6-7-19-17-22-15(24-25(10)17)16(26)23-18-21-14(9-27-18)12-8-20-13-5-3-2-4-11(12)13/h2-9,20H,1H3,(H,21,23,26). The molecular weight excluding hydrogens is 362 g/mol. The molecule has 0 spiro atoms. The number of nitrogens with zero attached hydrogens (tertiary/aromatic N) is 5. The van der Waals surface area contributed by atoms with Crippen LogP contribution in [0.4, 0.5) is 5.13 Å². The number of H-pyrrole nitrogens is 1. The van der Waals surface area contributed by atoms with E-state index in [0.29, 0.717) is 10.9 Å². The Kier molecular flexibility index (Phi) is 3.47. The summed E-state index contributed by atoms with van der Waals surface area (Å²) >= 11 is 1.35. The Labute approximate surface area is 156 Å². The highest BCUT2D eigenvalue weighted by molar-refractivity contribution is 7.14. The second-order valence-electron chi connectivity index (χ2n) is 5.97. The second kappa shape index (κ2) is 5.99. The second-order valence-corrected chi connectivity index (χ2v) is 6.83. The minimum Gasteiger partial charge on any atom is -0.360 e. The minimum atomic E-state index is -0.417. The average Bonchev–Trinajstić information content (AvgIpc) is 3.39. The van der Waals surface area contributed by atoms with E-state index in [1.807, 2.05) is 42.8 Å². The third-order valence-electron chi connectivity index (χ3n) is 4.22. The van der Waals surface area contributed by atoms with Crippen molar-refractivity contribution in [3.05, 3.63) is 59.6 Å². The molecule has 4 heterocycles. The van der Waals surface area contributed by atoms with Crippen LogP contribution in [0.5, 0.6) is 0 Å². The van der Waals surface area contributed by atoms with Gasteiger partial charge in [-0.05, 0) is 19.1 Å². The summed E-state index contributed by atoms with van der Waals surface area (Å²) in [4.78, 5) is 28.5. The zero-order chi connectivity index (χ0) is 18.4. The Morgan fingerprint density at radius 1 is 1.22 bits per heavy atom. The first kappa shape index (κ1) is 15.6. The van der Waals surface area contributed by atoms with Crippen molar-refractivity contribution >= 4 is 39.1 Å². The SMILES string of the molecule is Cc1ccnc2nc(C(=O)Nc3nc(-c4c[nH]c5ccccc45)cs3)nn12. The maximum Gasteiger partial charge on any atom is 0.297 e. The van der Waals surface area contributed by atoms with Gasteiger partial charge in [-0.1, -0.05) is 18.2 Å². The molecule has 8 nitrogen and oxygen atoms in total. The predicted molar refractivity (Wildman–Crippen MR) is 103 cm³/mol. The van der Waals surface area contributed by atoms with Crippen LogP contribution in [0.15, 0.2) is 48.1 Å². The van der Waals surface area contributed by atoms with E-state index in [1.165, 1.54) is 15.9 Å². The number of aromatic nitrogens is 6. The topological polar surface area (TPSA) is 101 Å². The lowest BCUT2D eigenvalue weighted by atomic mass is 10.1. The molecule has 27 heavy (non-hydrogen) atoms. The van der Waals surface area contributed by atoms with E-state index in [2.05, 4.69) is 30.4 Å². The van der Waals surface area contributed by atoms with Crippen molar-refractivity contribution in [2.45, 2.75) is 6.92 Å². The molecule has 2 N–H and O–H groups in total. The van der Waals surface area contributed by atoms with Crippen LogP contribution in [-0.2, 0) is 0 Å². The highest BCUT2D eigenvalue weighted by Gasteiger charge is 2.17. The van der Waals surface area contributed by atoms with Gasteiger partial charge in [0, 0.05) is 39.9 Å². The molecule has 132 valence electrons. The van der Waals surface area contributed by atoms with Crippen LogP contribution in [0.1, 0.15) is 16.3 Å². The van der Waals surface area contributed by atoms with Gasteiger partial charge in [-0.2, -0.15) is 4.98 Å². The number of hydrogen-bond acceptors (Lipinski definition) is 6. The minimum absolute atomic E-state index is 0.0562. The number of aromatic amines is 1. The number of aryl methyl sites for hydroxylation is 1. The molecule has 0 aliphatic carbocycles. The fourth-order valence-corrected chi connectivity index (χ4v) is 3.60. The van der Waals surface area contributed by atoms with Crippen LogP contribution < -0.4 is 5.32 Å². The average molecular weight is 375 g/mol. The molecule has 0 aliphatic heterocycles. The van der Waals surface area contributed by atoms with Gasteiger partial charge in [0.2, 0.25) is 5.82 Å². The first-order valence-electron chi connectivity index (χ1n) is 8.21. The quantitative estimate of drug-likeness (QED) is 0.504. The first-order valence-corrected chi connectivity index (χ1v) is 9.09. The molecule has 0 aliphatic rings. The summed E-state index contributed by atoms with van der Waals surface area (Å²) in [6, 6.07) is 9.82. The number of fused-ring (bicyclic) bond motifs is 2. The number of carbonyl (C=O) groups excluding carboxylic acids is 1. The van der Waals surface area contributed by atoms with Gasteiger partial charge < -0.3 is 4.98 Å². The number of carbonyl (C=O) groups is 1. The lowest BCUT2D eigenvalue weighted by Crippen LogP contribution is -2.13. The summed E-state index contributed by atoms with van der Waals surface area (Å²) in [7, 11) is 0. The summed E-state index contributed by atoms with van der Waals surface area (Å²) in [6.07, 6.45) is 3.55. The van der Waals surface area contributed by atoms with Gasteiger partial charge in [0.05, 0.1) is 5.69 Å². The molecule has 0 fully saturated rings.